The Bertz CT molecular complexity index is 529. The first-order valence-electron chi connectivity index (χ1n) is 11.1. The van der Waals surface area contributed by atoms with Gasteiger partial charge in [0.05, 0.1) is 0 Å². The third kappa shape index (κ3) is 10.5. The van der Waals surface area contributed by atoms with Crippen molar-refractivity contribution in [2.75, 3.05) is 6.61 Å². The van der Waals surface area contributed by atoms with Crippen molar-refractivity contribution >= 4 is 23.5 Å². The normalized spacial score (nSPS) is 17.4. The van der Waals surface area contributed by atoms with Crippen LogP contribution < -0.4 is 0 Å². The lowest BCUT2D eigenvalue weighted by atomic mass is 10.0. The van der Waals surface area contributed by atoms with E-state index in [0.29, 0.717) is 6.42 Å². The van der Waals surface area contributed by atoms with Crippen molar-refractivity contribution in [1.29, 1.82) is 0 Å². The first-order valence-corrected chi connectivity index (χ1v) is 11.1. The molecule has 0 aromatic rings. The van der Waals surface area contributed by atoms with E-state index in [0.717, 1.165) is 12.8 Å². The highest BCUT2D eigenvalue weighted by atomic mass is 16.6. The smallest absolute Gasteiger partial charge is 0.383 e. The van der Waals surface area contributed by atoms with Crippen LogP contribution in [-0.2, 0) is 28.7 Å². The zero-order valence-electron chi connectivity index (χ0n) is 17.7. The van der Waals surface area contributed by atoms with Gasteiger partial charge in [-0.25, -0.2) is 4.79 Å². The zero-order valence-corrected chi connectivity index (χ0v) is 17.7. The topological polar surface area (TPSA) is 107 Å². The fourth-order valence-corrected chi connectivity index (χ4v) is 3.33. The molecule has 1 N–H and O–H groups in total. The summed E-state index contributed by atoms with van der Waals surface area (Å²) in [4.78, 5) is 45.1. The molecule has 1 rings (SSSR count). The Morgan fingerprint density at radius 3 is 1.83 bits per heavy atom. The Balaban J connectivity index is 1.92. The molecule has 0 amide bonds. The van der Waals surface area contributed by atoms with Crippen LogP contribution in [0.1, 0.15) is 96.8 Å². The van der Waals surface area contributed by atoms with Gasteiger partial charge < -0.3 is 14.6 Å². The maximum Gasteiger partial charge on any atom is 0.383 e. The molecule has 0 aromatic heterocycles. The molecule has 0 aromatic carbocycles. The minimum Gasteiger partial charge on any atom is -0.463 e. The Morgan fingerprint density at radius 2 is 1.38 bits per heavy atom. The first-order chi connectivity index (χ1) is 14.0. The van der Waals surface area contributed by atoms with Crippen molar-refractivity contribution in [2.45, 2.75) is 109 Å². The monoisotopic (exact) mass is 412 g/mol. The number of unbranched alkanes of at least 4 members (excludes halogenated alkanes) is 12. The molecule has 29 heavy (non-hydrogen) atoms. The average Bonchev–Trinajstić information content (AvgIpc) is 2.97. The van der Waals surface area contributed by atoms with Crippen LogP contribution in [0.5, 0.6) is 0 Å². The molecule has 1 fully saturated rings. The SMILES string of the molecule is CCCCCCCCCCCCCCCC(=O)OC[C@H](O)[C@H]1OC(=O)C(=O)C1=O. The lowest BCUT2D eigenvalue weighted by molar-refractivity contribution is -0.156. The van der Waals surface area contributed by atoms with Gasteiger partial charge in [0.25, 0.3) is 5.78 Å². The standard InChI is InChI=1S/C22H36O7/c1-2-3-4-5-6-7-8-9-10-11-12-13-14-15-18(24)28-16-17(23)21-19(25)20(26)22(27)29-21/h17,21,23H,2-16H2,1H3/t17-,21+/m0/s1. The van der Waals surface area contributed by atoms with Crippen LogP contribution >= 0.6 is 0 Å². The predicted octanol–water partition coefficient (Wildman–Crippen LogP) is 3.44. The minimum absolute atomic E-state index is 0.238. The second kappa shape index (κ2) is 15.1. The van der Waals surface area contributed by atoms with Gasteiger partial charge in [-0.3, -0.25) is 14.4 Å². The van der Waals surface area contributed by atoms with Crippen molar-refractivity contribution in [3.63, 3.8) is 0 Å². The summed E-state index contributed by atoms with van der Waals surface area (Å²) in [5.74, 6) is -4.14. The highest BCUT2D eigenvalue weighted by Crippen LogP contribution is 2.14. The summed E-state index contributed by atoms with van der Waals surface area (Å²) in [5.41, 5.74) is 0. The highest BCUT2D eigenvalue weighted by Gasteiger charge is 2.46. The average molecular weight is 413 g/mol. The van der Waals surface area contributed by atoms with Crippen LogP contribution in [0.15, 0.2) is 0 Å². The molecule has 0 spiro atoms. The molecule has 1 saturated heterocycles. The maximum atomic E-state index is 11.7. The zero-order chi connectivity index (χ0) is 21.5. The number of Topliss-reactive ketones (excluding diaryl/α,β-unsaturated/α-hetero) is 2. The van der Waals surface area contributed by atoms with E-state index in [1.807, 2.05) is 0 Å². The number of cyclic esters (lactones) is 1. The van der Waals surface area contributed by atoms with Gasteiger partial charge in [-0.2, -0.15) is 0 Å². The first kappa shape index (κ1) is 25.3. The van der Waals surface area contributed by atoms with E-state index in [1.54, 1.807) is 0 Å². The lowest BCUT2D eigenvalue weighted by Gasteiger charge is -2.15. The van der Waals surface area contributed by atoms with Gasteiger partial charge in [0, 0.05) is 6.42 Å². The van der Waals surface area contributed by atoms with Crippen LogP contribution in [0.4, 0.5) is 0 Å². The molecule has 2 atom stereocenters. The molecular formula is C22H36O7. The number of aliphatic hydroxyl groups excluding tert-OH is 1. The molecule has 0 saturated carbocycles. The quantitative estimate of drug-likeness (QED) is 0.221. The van der Waals surface area contributed by atoms with Crippen LogP contribution in [0, 0.1) is 0 Å². The van der Waals surface area contributed by atoms with E-state index in [-0.39, 0.29) is 6.42 Å². The summed E-state index contributed by atoms with van der Waals surface area (Å²) >= 11 is 0. The van der Waals surface area contributed by atoms with Gasteiger partial charge in [-0.1, -0.05) is 84.0 Å². The molecule has 0 unspecified atom stereocenters. The molecule has 0 aliphatic carbocycles. The Hall–Kier alpha value is -1.76. The van der Waals surface area contributed by atoms with E-state index >= 15 is 0 Å². The van der Waals surface area contributed by atoms with Gasteiger partial charge in [0.2, 0.25) is 0 Å². The molecule has 1 aliphatic heterocycles. The van der Waals surface area contributed by atoms with E-state index in [9.17, 15) is 24.3 Å². The number of rotatable bonds is 17. The summed E-state index contributed by atoms with van der Waals surface area (Å²) in [7, 11) is 0. The van der Waals surface area contributed by atoms with E-state index in [2.05, 4.69) is 11.7 Å². The molecule has 0 radical (unpaired) electrons. The van der Waals surface area contributed by atoms with E-state index in [4.69, 9.17) is 4.74 Å². The van der Waals surface area contributed by atoms with Gasteiger partial charge in [-0.05, 0) is 6.42 Å². The van der Waals surface area contributed by atoms with Crippen molar-refractivity contribution in [3.8, 4) is 0 Å². The van der Waals surface area contributed by atoms with Crippen molar-refractivity contribution < 1.29 is 33.8 Å². The molecule has 166 valence electrons. The van der Waals surface area contributed by atoms with Crippen molar-refractivity contribution in [2.24, 2.45) is 0 Å². The van der Waals surface area contributed by atoms with Crippen LogP contribution in [-0.4, -0.2) is 47.4 Å². The van der Waals surface area contributed by atoms with Gasteiger partial charge in [-0.15, -0.1) is 0 Å². The van der Waals surface area contributed by atoms with E-state index < -0.39 is 42.3 Å². The van der Waals surface area contributed by atoms with Crippen LogP contribution in [0.2, 0.25) is 0 Å². The highest BCUT2D eigenvalue weighted by molar-refractivity contribution is 6.65. The molecule has 1 heterocycles. The lowest BCUT2D eigenvalue weighted by Crippen LogP contribution is -2.37. The number of ketones is 2. The second-order valence-corrected chi connectivity index (χ2v) is 7.76. The third-order valence-corrected chi connectivity index (χ3v) is 5.15. The van der Waals surface area contributed by atoms with Crippen molar-refractivity contribution in [3.05, 3.63) is 0 Å². The fourth-order valence-electron chi connectivity index (χ4n) is 3.33. The summed E-state index contributed by atoms with van der Waals surface area (Å²) in [6.07, 6.45) is 12.9. The Kier molecular flexibility index (Phi) is 13.2. The van der Waals surface area contributed by atoms with Crippen molar-refractivity contribution in [1.82, 2.24) is 0 Å². The number of carbonyl (C=O) groups excluding carboxylic acids is 4. The largest absolute Gasteiger partial charge is 0.463 e. The number of hydrogen-bond acceptors (Lipinski definition) is 7. The number of aliphatic hydroxyl groups is 1. The van der Waals surface area contributed by atoms with E-state index in [1.165, 1.54) is 64.2 Å². The minimum atomic E-state index is -1.57. The molecule has 7 heteroatoms. The number of esters is 2. The number of ether oxygens (including phenoxy) is 2. The second-order valence-electron chi connectivity index (χ2n) is 7.76. The summed E-state index contributed by atoms with van der Waals surface area (Å²) in [6.45, 7) is 1.76. The number of carbonyl (C=O) groups is 4. The Morgan fingerprint density at radius 1 is 0.897 bits per heavy atom. The van der Waals surface area contributed by atoms with Gasteiger partial charge >= 0.3 is 17.7 Å². The summed E-state index contributed by atoms with van der Waals surface area (Å²) in [6, 6.07) is 0. The molecular weight excluding hydrogens is 376 g/mol. The van der Waals surface area contributed by atoms with Crippen LogP contribution in [0.3, 0.4) is 0 Å². The van der Waals surface area contributed by atoms with Gasteiger partial charge in [0.15, 0.2) is 6.10 Å². The fraction of sp³-hybridized carbons (Fsp3) is 0.818. The summed E-state index contributed by atoms with van der Waals surface area (Å²) < 4.78 is 9.38. The predicted molar refractivity (Wildman–Crippen MR) is 107 cm³/mol. The van der Waals surface area contributed by atoms with Gasteiger partial charge in [0.1, 0.15) is 12.7 Å². The molecule has 7 nitrogen and oxygen atoms in total. The summed E-state index contributed by atoms with van der Waals surface area (Å²) in [5, 5.41) is 9.76. The third-order valence-electron chi connectivity index (χ3n) is 5.15. The Labute approximate surface area is 173 Å². The number of hydrogen-bond donors (Lipinski definition) is 1. The van der Waals surface area contributed by atoms with Crippen LogP contribution in [0.25, 0.3) is 0 Å². The molecule has 1 aliphatic rings. The molecule has 0 bridgehead atoms. The maximum absolute atomic E-state index is 11.7.